The van der Waals surface area contributed by atoms with Crippen LogP contribution in [0.4, 0.5) is 0 Å². The minimum atomic E-state index is -1.24. The number of aliphatic hydroxyl groups is 1. The van der Waals surface area contributed by atoms with Crippen LogP contribution in [0.2, 0.25) is 0 Å². The summed E-state index contributed by atoms with van der Waals surface area (Å²) >= 11 is 1.58. The van der Waals surface area contributed by atoms with Crippen molar-refractivity contribution in [2.45, 2.75) is 63.9 Å². The SMILES string of the molecule is CC1(C)CCC(C)(C)c2sc(C(C)(O)c3ccc(C(=O)O)cc3)nc21. The lowest BCUT2D eigenvalue weighted by Crippen LogP contribution is -2.32. The molecule has 0 amide bonds. The summed E-state index contributed by atoms with van der Waals surface area (Å²) < 4.78 is 0. The van der Waals surface area contributed by atoms with E-state index in [9.17, 15) is 9.90 Å². The monoisotopic (exact) mass is 359 g/mol. The number of fused-ring (bicyclic) bond motifs is 1. The number of aromatic nitrogens is 1. The van der Waals surface area contributed by atoms with Crippen LogP contribution in [0.5, 0.6) is 0 Å². The van der Waals surface area contributed by atoms with Gasteiger partial charge >= 0.3 is 5.97 Å². The third-order valence-corrected chi connectivity index (χ3v) is 7.00. The van der Waals surface area contributed by atoms with Crippen molar-refractivity contribution >= 4 is 17.3 Å². The van der Waals surface area contributed by atoms with Crippen LogP contribution >= 0.6 is 11.3 Å². The van der Waals surface area contributed by atoms with E-state index in [2.05, 4.69) is 27.7 Å². The molecule has 1 aliphatic rings. The molecule has 5 heteroatoms. The number of carboxylic acid groups (broad SMARTS) is 1. The highest BCUT2D eigenvalue weighted by atomic mass is 32.1. The number of carbonyl (C=O) groups is 1. The van der Waals surface area contributed by atoms with Crippen molar-refractivity contribution < 1.29 is 15.0 Å². The maximum atomic E-state index is 11.2. The lowest BCUT2D eigenvalue weighted by atomic mass is 9.69. The molecule has 1 aliphatic carbocycles. The number of thiazole rings is 1. The predicted octanol–water partition coefficient (Wildman–Crippen LogP) is 4.45. The molecule has 3 rings (SSSR count). The zero-order valence-corrected chi connectivity index (χ0v) is 16.2. The van der Waals surface area contributed by atoms with Gasteiger partial charge in [-0.2, -0.15) is 0 Å². The maximum absolute atomic E-state index is 11.2. The molecule has 134 valence electrons. The Morgan fingerprint density at radius 2 is 1.68 bits per heavy atom. The normalized spacial score (nSPS) is 20.6. The quantitative estimate of drug-likeness (QED) is 0.849. The number of aromatic carboxylic acids is 1. The molecule has 1 aromatic heterocycles. The second-order valence-electron chi connectivity index (χ2n) is 8.42. The van der Waals surface area contributed by atoms with Gasteiger partial charge in [-0.1, -0.05) is 39.8 Å². The van der Waals surface area contributed by atoms with Crippen LogP contribution in [0, 0.1) is 0 Å². The van der Waals surface area contributed by atoms with Crippen molar-refractivity contribution in [2.75, 3.05) is 0 Å². The summed E-state index contributed by atoms with van der Waals surface area (Å²) in [6.07, 6.45) is 2.18. The first-order chi connectivity index (χ1) is 11.4. The Bertz CT molecular complexity index is 782. The summed E-state index contributed by atoms with van der Waals surface area (Å²) in [7, 11) is 0. The van der Waals surface area contributed by atoms with E-state index in [-0.39, 0.29) is 16.4 Å². The van der Waals surface area contributed by atoms with E-state index in [1.54, 1.807) is 30.4 Å². The molecule has 0 aliphatic heterocycles. The molecule has 0 spiro atoms. The topological polar surface area (TPSA) is 70.4 Å². The first-order valence-electron chi connectivity index (χ1n) is 8.54. The Morgan fingerprint density at radius 1 is 1.12 bits per heavy atom. The Balaban J connectivity index is 2.07. The third-order valence-electron chi connectivity index (χ3n) is 5.37. The molecule has 0 bridgehead atoms. The molecule has 0 saturated heterocycles. The molecule has 0 saturated carbocycles. The zero-order chi connectivity index (χ0) is 18.6. The smallest absolute Gasteiger partial charge is 0.335 e. The van der Waals surface area contributed by atoms with E-state index in [4.69, 9.17) is 10.1 Å². The minimum Gasteiger partial charge on any atom is -0.478 e. The molecule has 1 unspecified atom stereocenters. The lowest BCUT2D eigenvalue weighted by Gasteiger charge is -2.37. The second kappa shape index (κ2) is 5.64. The summed E-state index contributed by atoms with van der Waals surface area (Å²) in [5.41, 5.74) is 0.767. The zero-order valence-electron chi connectivity index (χ0n) is 15.4. The Labute approximate surface area is 152 Å². The molecule has 1 atom stereocenters. The predicted molar refractivity (Wildman–Crippen MR) is 99.5 cm³/mol. The number of hydrogen-bond donors (Lipinski definition) is 2. The van der Waals surface area contributed by atoms with E-state index in [0.29, 0.717) is 10.6 Å². The van der Waals surface area contributed by atoms with E-state index < -0.39 is 11.6 Å². The van der Waals surface area contributed by atoms with Gasteiger partial charge in [-0.05, 0) is 37.5 Å². The molecule has 25 heavy (non-hydrogen) atoms. The van der Waals surface area contributed by atoms with Crippen LogP contribution in [0.3, 0.4) is 0 Å². The van der Waals surface area contributed by atoms with Gasteiger partial charge in [-0.15, -0.1) is 11.3 Å². The van der Waals surface area contributed by atoms with E-state index in [1.165, 1.54) is 17.0 Å². The summed E-state index contributed by atoms with van der Waals surface area (Å²) in [5.74, 6) is -0.973. The van der Waals surface area contributed by atoms with Crippen molar-refractivity contribution in [1.82, 2.24) is 4.98 Å². The Morgan fingerprint density at radius 3 is 2.20 bits per heavy atom. The van der Waals surface area contributed by atoms with Gasteiger partial charge in [-0.25, -0.2) is 9.78 Å². The van der Waals surface area contributed by atoms with Crippen molar-refractivity contribution in [2.24, 2.45) is 0 Å². The van der Waals surface area contributed by atoms with Crippen molar-refractivity contribution in [3.05, 3.63) is 51.0 Å². The first kappa shape index (κ1) is 18.1. The fraction of sp³-hybridized carbons (Fsp3) is 0.500. The van der Waals surface area contributed by atoms with Gasteiger partial charge in [0.2, 0.25) is 0 Å². The molecule has 1 heterocycles. The summed E-state index contributed by atoms with van der Waals surface area (Å²) in [6, 6.07) is 6.38. The molecule has 0 fully saturated rings. The van der Waals surface area contributed by atoms with Crippen molar-refractivity contribution in [3.63, 3.8) is 0 Å². The van der Waals surface area contributed by atoms with Crippen molar-refractivity contribution in [3.8, 4) is 0 Å². The Hall–Kier alpha value is -1.72. The summed E-state index contributed by atoms with van der Waals surface area (Å²) in [4.78, 5) is 17.1. The molecule has 2 N–H and O–H groups in total. The van der Waals surface area contributed by atoms with Crippen molar-refractivity contribution in [1.29, 1.82) is 0 Å². The molecule has 0 radical (unpaired) electrons. The largest absolute Gasteiger partial charge is 0.478 e. The Kier molecular flexibility index (Phi) is 4.08. The molecular formula is C20H25NO3S. The van der Waals surface area contributed by atoms with Crippen LogP contribution in [-0.2, 0) is 16.4 Å². The molecular weight excluding hydrogens is 334 g/mol. The number of carboxylic acids is 1. The highest BCUT2D eigenvalue weighted by Crippen LogP contribution is 2.49. The van der Waals surface area contributed by atoms with Gasteiger partial charge in [-0.3, -0.25) is 0 Å². The van der Waals surface area contributed by atoms with Crippen LogP contribution in [0.25, 0.3) is 0 Å². The highest BCUT2D eigenvalue weighted by Gasteiger charge is 2.42. The van der Waals surface area contributed by atoms with Gasteiger partial charge in [0.25, 0.3) is 0 Å². The fourth-order valence-corrected chi connectivity index (χ4v) is 4.81. The molecule has 2 aromatic rings. The lowest BCUT2D eigenvalue weighted by molar-refractivity contribution is 0.0695. The number of rotatable bonds is 3. The average molecular weight is 359 g/mol. The van der Waals surface area contributed by atoms with Crippen LogP contribution < -0.4 is 0 Å². The average Bonchev–Trinajstić information content (AvgIpc) is 3.01. The standard InChI is InChI=1S/C20H25NO3S/c1-18(2)10-11-19(3,4)15-14(18)21-17(25-15)20(5,24)13-8-6-12(7-9-13)16(22)23/h6-9,24H,10-11H2,1-5H3,(H,22,23). The number of nitrogens with zero attached hydrogens (tertiary/aromatic N) is 1. The summed E-state index contributed by atoms with van der Waals surface area (Å²) in [6.45, 7) is 10.6. The molecule has 1 aromatic carbocycles. The van der Waals surface area contributed by atoms with Gasteiger partial charge < -0.3 is 10.2 Å². The van der Waals surface area contributed by atoms with Gasteiger partial charge in [0, 0.05) is 15.7 Å². The van der Waals surface area contributed by atoms with E-state index >= 15 is 0 Å². The fourth-order valence-electron chi connectivity index (χ4n) is 3.36. The maximum Gasteiger partial charge on any atom is 0.335 e. The molecule has 4 nitrogen and oxygen atoms in total. The first-order valence-corrected chi connectivity index (χ1v) is 9.35. The van der Waals surface area contributed by atoms with Crippen LogP contribution in [0.15, 0.2) is 24.3 Å². The highest BCUT2D eigenvalue weighted by molar-refractivity contribution is 7.12. The van der Waals surface area contributed by atoms with E-state index in [1.807, 2.05) is 0 Å². The number of benzene rings is 1. The van der Waals surface area contributed by atoms with Gasteiger partial charge in [0.15, 0.2) is 0 Å². The van der Waals surface area contributed by atoms with Crippen LogP contribution in [0.1, 0.15) is 79.0 Å². The second-order valence-corrected chi connectivity index (χ2v) is 9.42. The minimum absolute atomic E-state index is 0.00283. The third kappa shape index (κ3) is 3.00. The number of hydrogen-bond acceptors (Lipinski definition) is 4. The van der Waals surface area contributed by atoms with Crippen LogP contribution in [-0.4, -0.2) is 21.2 Å². The van der Waals surface area contributed by atoms with Gasteiger partial charge in [0.1, 0.15) is 10.6 Å². The van der Waals surface area contributed by atoms with Gasteiger partial charge in [0.05, 0.1) is 11.3 Å². The van der Waals surface area contributed by atoms with E-state index in [0.717, 1.165) is 18.5 Å². The summed E-state index contributed by atoms with van der Waals surface area (Å²) in [5, 5.41) is 20.9.